The van der Waals surface area contributed by atoms with Gasteiger partial charge >= 0.3 is 0 Å². The second kappa shape index (κ2) is 11.3. The van der Waals surface area contributed by atoms with Crippen LogP contribution >= 0.6 is 24.0 Å². The zero-order valence-corrected chi connectivity index (χ0v) is 17.7. The Morgan fingerprint density at radius 3 is 2.73 bits per heavy atom. The van der Waals surface area contributed by atoms with E-state index in [0.717, 1.165) is 70.4 Å². The number of ether oxygens (including phenoxy) is 1. The Labute approximate surface area is 172 Å². The van der Waals surface area contributed by atoms with Crippen molar-refractivity contribution in [3.05, 3.63) is 30.6 Å². The van der Waals surface area contributed by atoms with Crippen LogP contribution in [0, 0.1) is 0 Å². The summed E-state index contributed by atoms with van der Waals surface area (Å²) in [5.41, 5.74) is 2.24. The minimum absolute atomic E-state index is 0. The monoisotopic (exact) mass is 472 g/mol. The Kier molecular flexibility index (Phi) is 9.13. The summed E-state index contributed by atoms with van der Waals surface area (Å²) in [6, 6.07) is 8.24. The fourth-order valence-electron chi connectivity index (χ4n) is 3.02. The highest BCUT2D eigenvalue weighted by molar-refractivity contribution is 14.0. The van der Waals surface area contributed by atoms with Crippen LogP contribution in [-0.4, -0.2) is 73.4 Å². The van der Waals surface area contributed by atoms with Crippen molar-refractivity contribution in [2.75, 3.05) is 53.0 Å². The fourth-order valence-corrected chi connectivity index (χ4v) is 3.02. The lowest BCUT2D eigenvalue weighted by Crippen LogP contribution is -2.44. The molecule has 0 radical (unpaired) electrons. The second-order valence-corrected chi connectivity index (χ2v) is 6.16. The van der Waals surface area contributed by atoms with Gasteiger partial charge in [-0.2, -0.15) is 0 Å². The number of aliphatic imine (C=N–C) groups is 1. The molecule has 3 rings (SSSR count). The first-order valence-corrected chi connectivity index (χ1v) is 9.01. The van der Waals surface area contributed by atoms with Gasteiger partial charge in [0.25, 0.3) is 0 Å². The summed E-state index contributed by atoms with van der Waals surface area (Å²) in [6.45, 7) is 7.46. The van der Waals surface area contributed by atoms with Crippen LogP contribution in [-0.2, 0) is 11.3 Å². The standard InChI is InChI=1S/C18H28N6O.HI/c1-19-18(21-8-10-23-11-13-25-14-12-23)20-7-4-9-24-15-22-16-5-2-3-6-17(16)24;/h2-3,5-6,15H,4,7-14H2,1H3,(H2,19,20,21);1H. The molecule has 2 aromatic rings. The number of hydrogen-bond donors (Lipinski definition) is 2. The van der Waals surface area contributed by atoms with Crippen LogP contribution in [0.5, 0.6) is 0 Å². The first kappa shape index (κ1) is 20.9. The smallest absolute Gasteiger partial charge is 0.191 e. The number of morpholine rings is 1. The topological polar surface area (TPSA) is 66.7 Å². The summed E-state index contributed by atoms with van der Waals surface area (Å²) < 4.78 is 7.57. The Balaban J connectivity index is 0.00000243. The third-order valence-electron chi connectivity index (χ3n) is 4.44. The Morgan fingerprint density at radius 2 is 1.92 bits per heavy atom. The number of hydrogen-bond acceptors (Lipinski definition) is 4. The third-order valence-corrected chi connectivity index (χ3v) is 4.44. The maximum atomic E-state index is 5.37. The number of imidazole rings is 1. The average Bonchev–Trinajstić information content (AvgIpc) is 3.08. The fraction of sp³-hybridized carbons (Fsp3) is 0.556. The van der Waals surface area contributed by atoms with Crippen LogP contribution < -0.4 is 10.6 Å². The number of aryl methyl sites for hydroxylation is 1. The van der Waals surface area contributed by atoms with Crippen molar-refractivity contribution in [1.29, 1.82) is 0 Å². The van der Waals surface area contributed by atoms with E-state index in [1.54, 1.807) is 0 Å². The molecule has 1 saturated heterocycles. The van der Waals surface area contributed by atoms with Crippen LogP contribution in [0.4, 0.5) is 0 Å². The molecule has 0 atom stereocenters. The highest BCUT2D eigenvalue weighted by atomic mass is 127. The molecule has 7 nitrogen and oxygen atoms in total. The van der Waals surface area contributed by atoms with Crippen LogP contribution in [0.2, 0.25) is 0 Å². The largest absolute Gasteiger partial charge is 0.379 e. The number of rotatable bonds is 7. The number of aromatic nitrogens is 2. The molecule has 0 bridgehead atoms. The van der Waals surface area contributed by atoms with E-state index >= 15 is 0 Å². The lowest BCUT2D eigenvalue weighted by molar-refractivity contribution is 0.0389. The quantitative estimate of drug-likeness (QED) is 0.277. The van der Waals surface area contributed by atoms with Crippen molar-refractivity contribution in [3.8, 4) is 0 Å². The Hall–Kier alpha value is -1.39. The lowest BCUT2D eigenvalue weighted by Gasteiger charge is -2.26. The van der Waals surface area contributed by atoms with E-state index in [0.29, 0.717) is 0 Å². The van der Waals surface area contributed by atoms with E-state index in [1.165, 1.54) is 5.52 Å². The number of nitrogens with one attached hydrogen (secondary N) is 2. The summed E-state index contributed by atoms with van der Waals surface area (Å²) in [4.78, 5) is 11.1. The molecule has 2 N–H and O–H groups in total. The number of benzene rings is 1. The Morgan fingerprint density at radius 1 is 1.15 bits per heavy atom. The third kappa shape index (κ3) is 6.10. The van der Waals surface area contributed by atoms with E-state index < -0.39 is 0 Å². The van der Waals surface area contributed by atoms with E-state index in [2.05, 4.69) is 42.2 Å². The highest BCUT2D eigenvalue weighted by Crippen LogP contribution is 2.11. The summed E-state index contributed by atoms with van der Waals surface area (Å²) in [5, 5.41) is 6.76. The van der Waals surface area contributed by atoms with Crippen molar-refractivity contribution in [2.24, 2.45) is 4.99 Å². The molecule has 1 fully saturated rings. The van der Waals surface area contributed by atoms with Gasteiger partial charge < -0.3 is 19.9 Å². The molecule has 0 saturated carbocycles. The molecule has 8 heteroatoms. The summed E-state index contributed by atoms with van der Waals surface area (Å²) in [6.07, 6.45) is 2.94. The molecule has 0 aliphatic carbocycles. The van der Waals surface area contributed by atoms with Crippen LogP contribution in [0.3, 0.4) is 0 Å². The zero-order valence-electron chi connectivity index (χ0n) is 15.4. The summed E-state index contributed by atoms with van der Waals surface area (Å²) >= 11 is 0. The van der Waals surface area contributed by atoms with Gasteiger partial charge in [0, 0.05) is 46.3 Å². The molecule has 1 aromatic heterocycles. The van der Waals surface area contributed by atoms with Gasteiger partial charge in [-0.05, 0) is 18.6 Å². The van der Waals surface area contributed by atoms with Crippen LogP contribution in [0.1, 0.15) is 6.42 Å². The molecule has 1 aliphatic rings. The lowest BCUT2D eigenvalue weighted by atomic mass is 10.3. The number of fused-ring (bicyclic) bond motifs is 1. The second-order valence-electron chi connectivity index (χ2n) is 6.16. The van der Waals surface area contributed by atoms with Gasteiger partial charge in [-0.15, -0.1) is 24.0 Å². The van der Waals surface area contributed by atoms with Crippen molar-refractivity contribution in [3.63, 3.8) is 0 Å². The van der Waals surface area contributed by atoms with Gasteiger partial charge in [-0.25, -0.2) is 4.98 Å². The van der Waals surface area contributed by atoms with Gasteiger partial charge in [0.1, 0.15) is 0 Å². The molecule has 1 aromatic carbocycles. The van der Waals surface area contributed by atoms with E-state index in [4.69, 9.17) is 4.74 Å². The van der Waals surface area contributed by atoms with Gasteiger partial charge in [0.15, 0.2) is 5.96 Å². The van der Waals surface area contributed by atoms with Crippen molar-refractivity contribution in [2.45, 2.75) is 13.0 Å². The molecule has 2 heterocycles. The first-order chi connectivity index (χ1) is 12.4. The normalized spacial score (nSPS) is 15.7. The minimum Gasteiger partial charge on any atom is -0.379 e. The molecular formula is C18H29IN6O. The van der Waals surface area contributed by atoms with Crippen molar-refractivity contribution >= 4 is 41.0 Å². The molecule has 0 unspecified atom stereocenters. The van der Waals surface area contributed by atoms with Gasteiger partial charge in [-0.1, -0.05) is 12.1 Å². The zero-order chi connectivity index (χ0) is 17.3. The molecule has 0 amide bonds. The molecular weight excluding hydrogens is 443 g/mol. The summed E-state index contributed by atoms with van der Waals surface area (Å²) in [5.74, 6) is 0.865. The van der Waals surface area contributed by atoms with E-state index in [1.807, 2.05) is 25.5 Å². The first-order valence-electron chi connectivity index (χ1n) is 9.01. The molecule has 144 valence electrons. The van der Waals surface area contributed by atoms with Crippen LogP contribution in [0.15, 0.2) is 35.6 Å². The van der Waals surface area contributed by atoms with Gasteiger partial charge in [-0.3, -0.25) is 9.89 Å². The molecule has 0 spiro atoms. The maximum Gasteiger partial charge on any atom is 0.191 e. The number of halogens is 1. The summed E-state index contributed by atoms with van der Waals surface area (Å²) in [7, 11) is 1.81. The van der Waals surface area contributed by atoms with Crippen LogP contribution in [0.25, 0.3) is 11.0 Å². The Bertz CT molecular complexity index is 683. The maximum absolute atomic E-state index is 5.37. The number of para-hydroxylation sites is 2. The SMILES string of the molecule is CN=C(NCCCn1cnc2ccccc21)NCCN1CCOCC1.I. The van der Waals surface area contributed by atoms with E-state index in [-0.39, 0.29) is 24.0 Å². The number of guanidine groups is 1. The van der Waals surface area contributed by atoms with Crippen molar-refractivity contribution in [1.82, 2.24) is 25.1 Å². The predicted octanol–water partition coefficient (Wildman–Crippen LogP) is 1.54. The number of nitrogens with zero attached hydrogens (tertiary/aromatic N) is 4. The van der Waals surface area contributed by atoms with Gasteiger partial charge in [0.05, 0.1) is 30.6 Å². The minimum atomic E-state index is 0. The predicted molar refractivity (Wildman–Crippen MR) is 116 cm³/mol. The molecule has 1 aliphatic heterocycles. The average molecular weight is 472 g/mol. The highest BCUT2D eigenvalue weighted by Gasteiger charge is 2.09. The van der Waals surface area contributed by atoms with Gasteiger partial charge in [0.2, 0.25) is 0 Å². The van der Waals surface area contributed by atoms with Crippen molar-refractivity contribution < 1.29 is 4.74 Å². The van der Waals surface area contributed by atoms with E-state index in [9.17, 15) is 0 Å². The molecule has 26 heavy (non-hydrogen) atoms.